The molecule has 0 N–H and O–H groups in total. The summed E-state index contributed by atoms with van der Waals surface area (Å²) in [5, 5.41) is 0. The van der Waals surface area contributed by atoms with Crippen LogP contribution in [0.25, 0.3) is 6.08 Å². The fourth-order valence-corrected chi connectivity index (χ4v) is 3.00. The average molecular weight is 401 g/mol. The first kappa shape index (κ1) is 15.9. The third-order valence-electron chi connectivity index (χ3n) is 3.13. The average Bonchev–Trinajstić information content (AvgIpc) is 2.71. The van der Waals surface area contributed by atoms with Crippen LogP contribution in [0.1, 0.15) is 16.7 Å². The van der Waals surface area contributed by atoms with Crippen LogP contribution in [0.2, 0.25) is 0 Å². The summed E-state index contributed by atoms with van der Waals surface area (Å²) < 4.78 is 0.0395. The van der Waals surface area contributed by atoms with Gasteiger partial charge in [0.05, 0.1) is 0 Å². The van der Waals surface area contributed by atoms with Crippen molar-refractivity contribution in [1.82, 2.24) is 0 Å². The molecule has 0 aliphatic heterocycles. The predicted octanol–water partition coefficient (Wildman–Crippen LogP) is 4.66. The van der Waals surface area contributed by atoms with Gasteiger partial charge in [0.15, 0.2) is 0 Å². The Balaban J connectivity index is 0.000000810. The zero-order chi connectivity index (χ0) is 11.0. The molecule has 18 heavy (non-hydrogen) atoms. The third-order valence-corrected chi connectivity index (χ3v) is 4.26. The van der Waals surface area contributed by atoms with Crippen molar-refractivity contribution in [2.75, 3.05) is 0 Å². The van der Waals surface area contributed by atoms with E-state index in [0.717, 1.165) is 0 Å². The molecule has 3 heteroatoms. The molecule has 2 aromatic rings. The van der Waals surface area contributed by atoms with Crippen LogP contribution in [0.5, 0.6) is 0 Å². The van der Waals surface area contributed by atoms with Crippen LogP contribution in [0, 0.1) is 0 Å². The molecule has 0 amide bonds. The molecule has 0 saturated carbocycles. The second-order valence-corrected chi connectivity index (χ2v) is 5.33. The van der Waals surface area contributed by atoms with Gasteiger partial charge in [-0.1, -0.05) is 0 Å². The van der Waals surface area contributed by atoms with Crippen LogP contribution < -0.4 is 0 Å². The third kappa shape index (κ3) is 2.58. The Bertz CT molecular complexity index is 551. The Hall–Kier alpha value is -0.146. The van der Waals surface area contributed by atoms with Gasteiger partial charge < -0.3 is 0 Å². The summed E-state index contributed by atoms with van der Waals surface area (Å²) in [4.78, 5) is 0. The van der Waals surface area contributed by atoms with Crippen LogP contribution in [0.4, 0.5) is 0 Å². The van der Waals surface area contributed by atoms with E-state index in [2.05, 4.69) is 87.2 Å². The normalized spacial score (nSPS) is 19.5. The fourth-order valence-electron chi connectivity index (χ4n) is 2.26. The summed E-state index contributed by atoms with van der Waals surface area (Å²) in [5.74, 6) is 0. The molecule has 91 valence electrons. The molecule has 1 unspecified atom stereocenters. The van der Waals surface area contributed by atoms with Crippen molar-refractivity contribution in [2.24, 2.45) is 0 Å². The quantitative estimate of drug-likeness (QED) is 0.611. The van der Waals surface area contributed by atoms with Crippen molar-refractivity contribution in [3.63, 3.8) is 0 Å². The number of rotatable bonds is 1. The van der Waals surface area contributed by atoms with Gasteiger partial charge >= 0.3 is 108 Å². The monoisotopic (exact) mass is 399 g/mol. The second kappa shape index (κ2) is 6.34. The topological polar surface area (TPSA) is 0 Å². The number of benzene rings is 2. The van der Waals surface area contributed by atoms with Crippen molar-refractivity contribution < 1.29 is 20.4 Å². The molecule has 1 aliphatic rings. The van der Waals surface area contributed by atoms with Crippen LogP contribution in [0.3, 0.4) is 0 Å². The zero-order valence-corrected chi connectivity index (χ0v) is 14.7. The first-order valence-electron chi connectivity index (χ1n) is 5.40. The van der Waals surface area contributed by atoms with Gasteiger partial charge in [-0.25, -0.2) is 0 Å². The van der Waals surface area contributed by atoms with Gasteiger partial charge in [-0.3, -0.25) is 0 Å². The van der Waals surface area contributed by atoms with Crippen LogP contribution >= 0.6 is 34.0 Å². The van der Waals surface area contributed by atoms with Crippen LogP contribution in [-0.2, 0) is 24.2 Å². The van der Waals surface area contributed by atoms with Crippen molar-refractivity contribution in [3.8, 4) is 0 Å². The summed E-state index contributed by atoms with van der Waals surface area (Å²) in [6.45, 7) is 0. The first-order chi connectivity index (χ1) is 7.81. The summed E-state index contributed by atoms with van der Waals surface area (Å²) in [6.07, 6.45) is 4.52. The minimum absolute atomic E-state index is 0. The Morgan fingerprint density at radius 2 is 1.39 bits per heavy atom. The number of allylic oxidation sites excluding steroid dienone is 1. The molecule has 0 nitrogen and oxygen atoms in total. The zero-order valence-electron chi connectivity index (χ0n) is 9.67. The summed E-state index contributed by atoms with van der Waals surface area (Å²) in [7, 11) is 0. The maximum absolute atomic E-state index is 2.30. The van der Waals surface area contributed by atoms with Gasteiger partial charge in [0.25, 0.3) is 0 Å². The fraction of sp³-hybridized carbons (Fsp3) is 0.0667. The Kier molecular flexibility index (Phi) is 5.60. The molecule has 2 aromatic carbocycles. The second-order valence-electron chi connectivity index (χ2n) is 4.09. The van der Waals surface area contributed by atoms with E-state index in [9.17, 15) is 0 Å². The number of hydrogen-bond acceptors (Lipinski definition) is 0. The van der Waals surface area contributed by atoms with Gasteiger partial charge in [-0.05, 0) is 0 Å². The van der Waals surface area contributed by atoms with E-state index in [1.54, 1.807) is 0 Å². The molecule has 0 fully saturated rings. The molecule has 1 atom stereocenters. The predicted molar refractivity (Wildman–Crippen MR) is 83.3 cm³/mol. The molecular formula is C15H13Br2Ti. The Labute approximate surface area is 140 Å². The first-order valence-corrected chi connectivity index (χ1v) is 6.18. The Morgan fingerprint density at radius 1 is 0.778 bits per heavy atom. The summed E-state index contributed by atoms with van der Waals surface area (Å²) in [5.41, 5.74) is 4.10. The summed E-state index contributed by atoms with van der Waals surface area (Å²) in [6, 6.07) is 19.3. The molecular weight excluding hydrogens is 388 g/mol. The molecule has 0 spiro atoms. The molecule has 0 bridgehead atoms. The van der Waals surface area contributed by atoms with E-state index in [0.29, 0.717) is 0 Å². The van der Waals surface area contributed by atoms with E-state index in [4.69, 9.17) is 0 Å². The van der Waals surface area contributed by atoms with Crippen molar-refractivity contribution in [1.29, 1.82) is 0 Å². The summed E-state index contributed by atoms with van der Waals surface area (Å²) >= 11 is 2.28. The number of halogens is 2. The maximum atomic E-state index is 2.30. The number of hydrogen-bond donors (Lipinski definition) is 0. The Morgan fingerprint density at radius 3 is 2.11 bits per heavy atom. The number of fused-ring (bicyclic) bond motifs is 1. The standard InChI is InChI=1S/C15H11.2BrH.Ti/c1-2-6-12(7-3-1)15-11-10-13-8-4-5-9-14(13)15;;;/h1-11H;2*1H;. The molecule has 0 heterocycles. The molecule has 3 rings (SSSR count). The van der Waals surface area contributed by atoms with Gasteiger partial charge in [0.2, 0.25) is 0 Å². The van der Waals surface area contributed by atoms with Crippen molar-refractivity contribution in [2.45, 2.75) is 3.72 Å². The van der Waals surface area contributed by atoms with E-state index >= 15 is 0 Å². The van der Waals surface area contributed by atoms with Crippen molar-refractivity contribution >= 4 is 40.0 Å². The van der Waals surface area contributed by atoms with Crippen LogP contribution in [0.15, 0.2) is 60.7 Å². The van der Waals surface area contributed by atoms with Gasteiger partial charge in [-0.15, -0.1) is 34.0 Å². The van der Waals surface area contributed by atoms with E-state index in [-0.39, 0.29) is 37.7 Å². The molecule has 0 radical (unpaired) electrons. The van der Waals surface area contributed by atoms with E-state index in [1.165, 1.54) is 16.7 Å². The molecule has 0 saturated heterocycles. The van der Waals surface area contributed by atoms with Gasteiger partial charge in [0.1, 0.15) is 0 Å². The minimum atomic E-state index is 0. The van der Waals surface area contributed by atoms with Gasteiger partial charge in [0, 0.05) is 0 Å². The van der Waals surface area contributed by atoms with E-state index < -0.39 is 0 Å². The van der Waals surface area contributed by atoms with Gasteiger partial charge in [-0.2, -0.15) is 0 Å². The molecule has 0 aromatic heterocycles. The van der Waals surface area contributed by atoms with Crippen LogP contribution in [-0.4, -0.2) is 0 Å². The SMILES string of the molecule is Br.Br.[Ti][C]1(c2ccccc2)C=Cc2ccccc21. The van der Waals surface area contributed by atoms with Crippen molar-refractivity contribution in [3.05, 3.63) is 77.4 Å². The molecule has 1 aliphatic carbocycles. The van der Waals surface area contributed by atoms with E-state index in [1.807, 2.05) is 0 Å².